The van der Waals surface area contributed by atoms with Gasteiger partial charge in [0.15, 0.2) is 5.82 Å². The van der Waals surface area contributed by atoms with Crippen molar-refractivity contribution in [3.8, 4) is 17.5 Å². The topological polar surface area (TPSA) is 140 Å². The van der Waals surface area contributed by atoms with Crippen molar-refractivity contribution in [3.63, 3.8) is 0 Å². The van der Waals surface area contributed by atoms with Crippen LogP contribution in [-0.4, -0.2) is 43.2 Å². The molecule has 0 bridgehead atoms. The first-order valence-electron chi connectivity index (χ1n) is 13.3. The number of nitriles is 1. The van der Waals surface area contributed by atoms with E-state index in [-0.39, 0.29) is 17.3 Å². The third kappa shape index (κ3) is 5.17. The fourth-order valence-corrected chi connectivity index (χ4v) is 5.13. The van der Waals surface area contributed by atoms with Crippen LogP contribution in [-0.2, 0) is 4.74 Å². The van der Waals surface area contributed by atoms with E-state index in [9.17, 15) is 14.0 Å². The maximum absolute atomic E-state index is 14.0. The minimum absolute atomic E-state index is 0.0908. The zero-order chi connectivity index (χ0) is 30.2. The van der Waals surface area contributed by atoms with Crippen LogP contribution in [0.2, 0.25) is 5.02 Å². The monoisotopic (exact) mass is 611 g/mol. The van der Waals surface area contributed by atoms with Gasteiger partial charge in [0.1, 0.15) is 24.1 Å². The Labute approximate surface area is 253 Å². The zero-order valence-corrected chi connectivity index (χ0v) is 23.3. The van der Waals surface area contributed by atoms with Gasteiger partial charge >= 0.3 is 0 Å². The molecule has 0 spiro atoms. The number of pyridine rings is 2. The molecule has 1 saturated heterocycles. The van der Waals surface area contributed by atoms with Gasteiger partial charge < -0.3 is 19.8 Å². The summed E-state index contributed by atoms with van der Waals surface area (Å²) in [5.41, 5.74) is 3.79. The molecule has 0 radical (unpaired) electrons. The Hall–Kier alpha value is -5.45. The lowest BCUT2D eigenvalue weighted by Gasteiger charge is -2.25. The number of anilines is 3. The number of hydrogen-bond donors (Lipinski definition) is 2. The van der Waals surface area contributed by atoms with E-state index in [0.717, 1.165) is 23.4 Å². The lowest BCUT2D eigenvalue weighted by atomic mass is 10.0. The molecule has 2 aromatic carbocycles. The van der Waals surface area contributed by atoms with Crippen molar-refractivity contribution in [1.29, 1.82) is 5.26 Å². The van der Waals surface area contributed by atoms with Gasteiger partial charge in [0.2, 0.25) is 11.8 Å². The second kappa shape index (κ2) is 11.3. The van der Waals surface area contributed by atoms with Gasteiger partial charge in [0.05, 0.1) is 66.0 Å². The SMILES string of the molecule is N#Cc1cnc2c(N[C@@H](c3cccc(-c4ncco4)c3)c3cn(C4COC4)nn3)cc(Cl)cc2c1Nc1cnc(F)c(F)c1. The van der Waals surface area contributed by atoms with Crippen LogP contribution >= 0.6 is 11.6 Å². The molecular weight excluding hydrogens is 592 g/mol. The number of nitrogens with zero attached hydrogens (tertiary/aromatic N) is 7. The Morgan fingerprint density at radius 3 is 2.73 bits per heavy atom. The second-order valence-corrected chi connectivity index (χ2v) is 10.4. The summed E-state index contributed by atoms with van der Waals surface area (Å²) in [6.45, 7) is 1.10. The summed E-state index contributed by atoms with van der Waals surface area (Å²) < 4.78 is 40.1. The third-order valence-corrected chi connectivity index (χ3v) is 7.36. The summed E-state index contributed by atoms with van der Waals surface area (Å²) >= 11 is 6.61. The van der Waals surface area contributed by atoms with Gasteiger partial charge in [-0.05, 0) is 29.8 Å². The summed E-state index contributed by atoms with van der Waals surface area (Å²) in [6, 6.07) is 13.6. The first-order valence-corrected chi connectivity index (χ1v) is 13.7. The molecule has 44 heavy (non-hydrogen) atoms. The molecule has 5 heterocycles. The van der Waals surface area contributed by atoms with Crippen molar-refractivity contribution >= 4 is 39.6 Å². The van der Waals surface area contributed by atoms with E-state index in [1.54, 1.807) is 23.0 Å². The normalized spacial score (nSPS) is 13.8. The second-order valence-electron chi connectivity index (χ2n) is 9.98. The van der Waals surface area contributed by atoms with Gasteiger partial charge in [-0.1, -0.05) is 28.9 Å². The Bertz CT molecular complexity index is 2040. The quantitative estimate of drug-likeness (QED) is 0.191. The lowest BCUT2D eigenvalue weighted by Crippen LogP contribution is -2.31. The summed E-state index contributed by atoms with van der Waals surface area (Å²) in [5.74, 6) is -1.91. The van der Waals surface area contributed by atoms with Crippen LogP contribution in [0, 0.1) is 23.1 Å². The first kappa shape index (κ1) is 27.4. The smallest absolute Gasteiger partial charge is 0.249 e. The van der Waals surface area contributed by atoms with Crippen molar-refractivity contribution in [2.75, 3.05) is 23.8 Å². The number of ether oxygens (including phenoxy) is 1. The number of benzene rings is 2. The predicted octanol–water partition coefficient (Wildman–Crippen LogP) is 6.20. The molecular formula is C30H20ClF2N9O2. The molecule has 0 unspecified atom stereocenters. The van der Waals surface area contributed by atoms with Crippen LogP contribution in [0.3, 0.4) is 0 Å². The zero-order valence-electron chi connectivity index (χ0n) is 22.6. The molecule has 14 heteroatoms. The molecule has 4 aromatic heterocycles. The molecule has 1 fully saturated rings. The Morgan fingerprint density at radius 1 is 1.09 bits per heavy atom. The molecule has 11 nitrogen and oxygen atoms in total. The molecule has 2 N–H and O–H groups in total. The van der Waals surface area contributed by atoms with Crippen molar-refractivity contribution in [2.45, 2.75) is 12.1 Å². The highest BCUT2D eigenvalue weighted by atomic mass is 35.5. The molecule has 1 aliphatic rings. The maximum atomic E-state index is 14.0. The van der Waals surface area contributed by atoms with Crippen LogP contribution in [0.25, 0.3) is 22.4 Å². The van der Waals surface area contributed by atoms with Gasteiger partial charge in [-0.25, -0.2) is 19.0 Å². The van der Waals surface area contributed by atoms with Crippen molar-refractivity contribution in [1.82, 2.24) is 29.9 Å². The first-order chi connectivity index (χ1) is 21.5. The van der Waals surface area contributed by atoms with E-state index in [4.69, 9.17) is 20.8 Å². The lowest BCUT2D eigenvalue weighted by molar-refractivity contribution is -0.0293. The molecule has 1 aliphatic heterocycles. The van der Waals surface area contributed by atoms with Crippen LogP contribution in [0.4, 0.5) is 25.8 Å². The van der Waals surface area contributed by atoms with Crippen LogP contribution in [0.15, 0.2) is 77.9 Å². The summed E-state index contributed by atoms with van der Waals surface area (Å²) in [6.07, 6.45) is 7.46. The molecule has 0 amide bonds. The summed E-state index contributed by atoms with van der Waals surface area (Å²) in [7, 11) is 0. The average molecular weight is 612 g/mol. The highest BCUT2D eigenvalue weighted by molar-refractivity contribution is 6.32. The van der Waals surface area contributed by atoms with Crippen molar-refractivity contribution < 1.29 is 17.9 Å². The maximum Gasteiger partial charge on any atom is 0.249 e. The Morgan fingerprint density at radius 2 is 1.98 bits per heavy atom. The van der Waals surface area contributed by atoms with E-state index in [1.165, 1.54) is 12.5 Å². The number of halogens is 3. The van der Waals surface area contributed by atoms with Gasteiger partial charge in [0.25, 0.3) is 0 Å². The Balaban J connectivity index is 1.34. The van der Waals surface area contributed by atoms with E-state index in [2.05, 4.69) is 42.0 Å². The van der Waals surface area contributed by atoms with E-state index in [1.807, 2.05) is 30.5 Å². The van der Waals surface area contributed by atoms with Crippen molar-refractivity contribution in [3.05, 3.63) is 107 Å². The third-order valence-electron chi connectivity index (χ3n) is 7.14. The molecule has 218 valence electrons. The summed E-state index contributed by atoms with van der Waals surface area (Å²) in [4.78, 5) is 12.3. The fourth-order valence-electron chi connectivity index (χ4n) is 4.91. The number of aromatic nitrogens is 6. The molecule has 6 aromatic rings. The predicted molar refractivity (Wildman–Crippen MR) is 156 cm³/mol. The Kier molecular flexibility index (Phi) is 7.05. The number of oxazole rings is 1. The van der Waals surface area contributed by atoms with E-state index in [0.29, 0.717) is 52.1 Å². The van der Waals surface area contributed by atoms with Gasteiger partial charge in [-0.3, -0.25) is 4.98 Å². The average Bonchev–Trinajstić information content (AvgIpc) is 3.71. The van der Waals surface area contributed by atoms with E-state index < -0.39 is 17.8 Å². The largest absolute Gasteiger partial charge is 0.445 e. The molecule has 7 rings (SSSR count). The van der Waals surface area contributed by atoms with E-state index >= 15 is 0 Å². The number of nitrogens with one attached hydrogen (secondary N) is 2. The van der Waals surface area contributed by atoms with Crippen LogP contribution < -0.4 is 10.6 Å². The molecule has 0 saturated carbocycles. The minimum atomic E-state index is -1.23. The minimum Gasteiger partial charge on any atom is -0.445 e. The standard InChI is InChI=1S/C30H20ClF2N9O2/c31-19-7-22-26(38-20-9-23(32)29(33)37-12-20)18(10-34)11-36-28(22)24(8-19)39-27(25-13-42(41-40-25)21-14-43-15-21)16-2-1-3-17(6-16)30-35-4-5-44-30/h1-9,11-13,21,27,39H,14-15H2,(H,36,38)/t27-/m0/s1. The molecule has 0 aliphatic carbocycles. The number of rotatable bonds is 8. The fraction of sp³-hybridized carbons (Fsp3) is 0.133. The van der Waals surface area contributed by atoms with Gasteiger partial charge in [-0.15, -0.1) is 5.10 Å². The van der Waals surface area contributed by atoms with Crippen molar-refractivity contribution in [2.24, 2.45) is 0 Å². The van der Waals surface area contributed by atoms with Crippen LogP contribution in [0.1, 0.15) is 28.9 Å². The highest BCUT2D eigenvalue weighted by Gasteiger charge is 2.26. The number of fused-ring (bicyclic) bond motifs is 1. The highest BCUT2D eigenvalue weighted by Crippen LogP contribution is 2.38. The van der Waals surface area contributed by atoms with Gasteiger partial charge in [-0.2, -0.15) is 9.65 Å². The molecule has 1 atom stereocenters. The van der Waals surface area contributed by atoms with Gasteiger partial charge in [0, 0.05) is 28.2 Å². The number of hydrogen-bond acceptors (Lipinski definition) is 10. The summed E-state index contributed by atoms with van der Waals surface area (Å²) in [5, 5.41) is 26.0. The van der Waals surface area contributed by atoms with Crippen LogP contribution in [0.5, 0.6) is 0 Å².